The lowest BCUT2D eigenvalue weighted by Crippen LogP contribution is -2.39. The van der Waals surface area contributed by atoms with Gasteiger partial charge in [-0.2, -0.15) is 18.2 Å². The minimum atomic E-state index is -4.50. The summed E-state index contributed by atoms with van der Waals surface area (Å²) in [4.78, 5) is 19.2. The van der Waals surface area contributed by atoms with Crippen LogP contribution in [0.2, 0.25) is 0 Å². The molecule has 1 aromatic carbocycles. The molecule has 0 spiro atoms. The Hall–Kier alpha value is -3.12. The maximum Gasteiger partial charge on any atom is 0.422 e. The average Bonchev–Trinajstić information content (AvgIpc) is 2.64. The topological polar surface area (TPSA) is 64.1 Å². The number of benzene rings is 1. The number of allylic oxidation sites excluding steroid dienone is 1. The molecular formula is C18H14F3N3O2. The predicted octanol–water partition coefficient (Wildman–Crippen LogP) is 1.24. The van der Waals surface area contributed by atoms with Crippen molar-refractivity contribution in [1.82, 2.24) is 15.3 Å². The van der Waals surface area contributed by atoms with Crippen molar-refractivity contribution in [3.63, 3.8) is 0 Å². The number of ether oxygens (including phenoxy) is 1. The Kier molecular flexibility index (Phi) is 4.77. The van der Waals surface area contributed by atoms with Crippen molar-refractivity contribution < 1.29 is 22.7 Å². The van der Waals surface area contributed by atoms with Gasteiger partial charge in [-0.05, 0) is 17.5 Å². The molecule has 5 nitrogen and oxygen atoms in total. The minimum absolute atomic E-state index is 0.141. The Morgan fingerprint density at radius 1 is 1.23 bits per heavy atom. The maximum atomic E-state index is 12.4. The highest BCUT2D eigenvalue weighted by Crippen LogP contribution is 2.19. The molecule has 0 radical (unpaired) electrons. The largest absolute Gasteiger partial charge is 0.454 e. The molecule has 1 aromatic heterocycles. The normalized spacial score (nSPS) is 13.4. The van der Waals surface area contributed by atoms with Crippen LogP contribution in [0.1, 0.15) is 18.1 Å². The summed E-state index contributed by atoms with van der Waals surface area (Å²) in [5.74, 6) is 1.80. The summed E-state index contributed by atoms with van der Waals surface area (Å²) < 4.78 is 41.7. The number of halogens is 3. The van der Waals surface area contributed by atoms with Gasteiger partial charge in [0.25, 0.3) is 0 Å². The zero-order chi connectivity index (χ0) is 18.7. The summed E-state index contributed by atoms with van der Waals surface area (Å²) >= 11 is 0. The number of nitrogens with zero attached hydrogens (tertiary/aromatic N) is 2. The van der Waals surface area contributed by atoms with Crippen LogP contribution in [-0.2, 0) is 11.2 Å². The lowest BCUT2D eigenvalue weighted by Gasteiger charge is -2.14. The molecule has 26 heavy (non-hydrogen) atoms. The van der Waals surface area contributed by atoms with Crippen LogP contribution >= 0.6 is 0 Å². The van der Waals surface area contributed by atoms with E-state index in [0.717, 1.165) is 12.0 Å². The molecule has 1 aliphatic heterocycles. The molecule has 1 N–H and O–H groups in total. The fourth-order valence-corrected chi connectivity index (χ4v) is 2.51. The molecule has 0 saturated heterocycles. The van der Waals surface area contributed by atoms with Crippen LogP contribution in [0.3, 0.4) is 0 Å². The van der Waals surface area contributed by atoms with Gasteiger partial charge >= 0.3 is 12.2 Å². The van der Waals surface area contributed by atoms with E-state index in [9.17, 15) is 18.0 Å². The first kappa shape index (κ1) is 17.7. The van der Waals surface area contributed by atoms with Crippen molar-refractivity contribution in [2.24, 2.45) is 0 Å². The number of nitrogens with one attached hydrogen (secondary N) is 1. The van der Waals surface area contributed by atoms with E-state index in [1.807, 2.05) is 31.2 Å². The molecule has 1 aliphatic rings. The lowest BCUT2D eigenvalue weighted by molar-refractivity contribution is -0.154. The van der Waals surface area contributed by atoms with Crippen LogP contribution in [0.15, 0.2) is 36.2 Å². The third-order valence-corrected chi connectivity index (χ3v) is 3.77. The van der Waals surface area contributed by atoms with Crippen LogP contribution in [0.5, 0.6) is 6.01 Å². The first-order valence-electron chi connectivity index (χ1n) is 7.79. The number of hydrogen-bond donors (Lipinski definition) is 1. The quantitative estimate of drug-likeness (QED) is 0.830. The monoisotopic (exact) mass is 361 g/mol. The fraction of sp³-hybridized carbons (Fsp3) is 0.222. The van der Waals surface area contributed by atoms with Crippen molar-refractivity contribution in [2.75, 3.05) is 6.61 Å². The van der Waals surface area contributed by atoms with Gasteiger partial charge < -0.3 is 10.1 Å². The summed E-state index contributed by atoms with van der Waals surface area (Å²) in [5.41, 5.74) is 2.36. The molecule has 0 unspecified atom stereocenters. The maximum absolute atomic E-state index is 12.4. The summed E-state index contributed by atoms with van der Waals surface area (Å²) in [5, 5.41) is 3.64. The first-order valence-corrected chi connectivity index (χ1v) is 7.79. The second kappa shape index (κ2) is 7.01. The Morgan fingerprint density at radius 2 is 1.96 bits per heavy atom. The van der Waals surface area contributed by atoms with E-state index in [1.54, 1.807) is 5.94 Å². The number of alkyl halides is 3. The number of hydrogen-bond acceptors (Lipinski definition) is 5. The van der Waals surface area contributed by atoms with Crippen molar-refractivity contribution in [1.29, 1.82) is 0 Å². The number of aromatic nitrogens is 2. The molecular weight excluding hydrogens is 347 g/mol. The van der Waals surface area contributed by atoms with E-state index in [1.165, 1.54) is 12.4 Å². The fourth-order valence-electron chi connectivity index (χ4n) is 2.51. The molecule has 2 heterocycles. The molecule has 2 aromatic rings. The Bertz CT molecular complexity index is 992. The van der Waals surface area contributed by atoms with Crippen LogP contribution in [0.4, 0.5) is 13.2 Å². The molecule has 0 fully saturated rings. The number of fused-ring (bicyclic) bond motifs is 1. The Labute approximate surface area is 146 Å². The summed E-state index contributed by atoms with van der Waals surface area (Å²) in [6.07, 6.45) is -0.814. The van der Waals surface area contributed by atoms with E-state index in [4.69, 9.17) is 0 Å². The van der Waals surface area contributed by atoms with Gasteiger partial charge in [-0.25, -0.2) is 9.78 Å². The van der Waals surface area contributed by atoms with Gasteiger partial charge in [0.05, 0.1) is 5.35 Å². The Balaban J connectivity index is 2.16. The second-order valence-electron chi connectivity index (χ2n) is 5.55. The van der Waals surface area contributed by atoms with Crippen molar-refractivity contribution >= 4 is 17.7 Å². The van der Waals surface area contributed by atoms with Gasteiger partial charge in [-0.15, -0.1) is 0 Å². The first-order chi connectivity index (χ1) is 12.4. The highest BCUT2D eigenvalue weighted by Gasteiger charge is 2.29. The van der Waals surface area contributed by atoms with Gasteiger partial charge in [0.1, 0.15) is 5.70 Å². The van der Waals surface area contributed by atoms with Crippen molar-refractivity contribution in [3.8, 4) is 6.01 Å². The van der Waals surface area contributed by atoms with E-state index >= 15 is 0 Å². The minimum Gasteiger partial charge on any atom is -0.454 e. The highest BCUT2D eigenvalue weighted by atomic mass is 19.4. The van der Waals surface area contributed by atoms with E-state index < -0.39 is 18.8 Å². The molecule has 0 amide bonds. The molecule has 3 rings (SSSR count). The van der Waals surface area contributed by atoms with Gasteiger partial charge in [0.15, 0.2) is 12.5 Å². The van der Waals surface area contributed by atoms with Crippen LogP contribution < -0.4 is 20.6 Å². The zero-order valence-corrected chi connectivity index (χ0v) is 13.7. The molecule has 0 atom stereocenters. The van der Waals surface area contributed by atoms with Gasteiger partial charge in [0.2, 0.25) is 0 Å². The van der Waals surface area contributed by atoms with E-state index in [2.05, 4.69) is 20.0 Å². The second-order valence-corrected chi connectivity index (χ2v) is 5.55. The Morgan fingerprint density at radius 3 is 2.58 bits per heavy atom. The SMILES string of the molecule is CCc1ccc(C2=c3nc(OCC(F)(F)F)ncc3=CNC2=C=O)cc1. The van der Waals surface area contributed by atoms with Gasteiger partial charge in [-0.1, -0.05) is 31.2 Å². The predicted molar refractivity (Wildman–Crippen MR) is 88.0 cm³/mol. The molecule has 0 saturated carbocycles. The molecule has 134 valence electrons. The highest BCUT2D eigenvalue weighted by molar-refractivity contribution is 5.88. The standard InChI is InChI=1S/C18H14F3N3O2/c1-2-11-3-5-12(6-4-11)15-14(9-25)22-7-13-8-23-17(24-16(13)15)26-10-18(19,20)21/h3-8,22H,2,10H2,1H3. The third-order valence-electron chi connectivity index (χ3n) is 3.77. The van der Waals surface area contributed by atoms with Crippen LogP contribution in [-0.4, -0.2) is 28.7 Å². The smallest absolute Gasteiger partial charge is 0.422 e. The molecule has 0 bridgehead atoms. The summed E-state index contributed by atoms with van der Waals surface area (Å²) in [6, 6.07) is 7.04. The molecule has 0 aliphatic carbocycles. The number of carbonyl (C=O) groups excluding carboxylic acids is 1. The van der Waals surface area contributed by atoms with E-state index in [-0.39, 0.29) is 5.70 Å². The summed E-state index contributed by atoms with van der Waals surface area (Å²) in [7, 11) is 0. The molecule has 8 heteroatoms. The summed E-state index contributed by atoms with van der Waals surface area (Å²) in [6.45, 7) is 0.521. The lowest BCUT2D eigenvalue weighted by atomic mass is 9.99. The van der Waals surface area contributed by atoms with Gasteiger partial charge in [-0.3, -0.25) is 0 Å². The number of aryl methyl sites for hydroxylation is 1. The third kappa shape index (κ3) is 3.75. The van der Waals surface area contributed by atoms with Crippen LogP contribution in [0.25, 0.3) is 11.8 Å². The van der Waals surface area contributed by atoms with Gasteiger partial charge in [0, 0.05) is 23.2 Å². The zero-order valence-electron chi connectivity index (χ0n) is 13.7. The van der Waals surface area contributed by atoms with Crippen molar-refractivity contribution in [2.45, 2.75) is 19.5 Å². The van der Waals surface area contributed by atoms with Crippen LogP contribution in [0, 0.1) is 0 Å². The average molecular weight is 361 g/mol. The van der Waals surface area contributed by atoms with E-state index in [0.29, 0.717) is 21.7 Å². The number of rotatable bonds is 4. The van der Waals surface area contributed by atoms with Crippen molar-refractivity contribution in [3.05, 3.63) is 57.9 Å².